The minimum atomic E-state index is -0.215. The van der Waals surface area contributed by atoms with E-state index in [1.165, 1.54) is 45.2 Å². The average molecular weight is 228 g/mol. The topological polar surface area (TPSA) is 35.5 Å². The summed E-state index contributed by atoms with van der Waals surface area (Å²) in [4.78, 5) is 2.43. The lowest BCUT2D eigenvalue weighted by atomic mass is 9.96. The number of hydrogen-bond donors (Lipinski definition) is 2. The van der Waals surface area contributed by atoms with Crippen LogP contribution in [0.15, 0.2) is 0 Å². The van der Waals surface area contributed by atoms with E-state index in [4.69, 9.17) is 0 Å². The lowest BCUT2D eigenvalue weighted by Crippen LogP contribution is -2.38. The van der Waals surface area contributed by atoms with Crippen molar-refractivity contribution in [2.75, 3.05) is 33.2 Å². The van der Waals surface area contributed by atoms with E-state index < -0.39 is 0 Å². The SMILES string of the molecule is CCCC1CCCN(CC(O)CNC)CC1. The maximum atomic E-state index is 9.76. The van der Waals surface area contributed by atoms with Crippen LogP contribution in [-0.4, -0.2) is 49.3 Å². The van der Waals surface area contributed by atoms with Gasteiger partial charge in [0.15, 0.2) is 0 Å². The molecule has 0 saturated carbocycles. The molecule has 0 aromatic rings. The molecular formula is C13H28N2O. The maximum absolute atomic E-state index is 9.76. The average Bonchev–Trinajstić information content (AvgIpc) is 2.45. The molecule has 0 amide bonds. The summed E-state index contributed by atoms with van der Waals surface area (Å²) in [7, 11) is 1.89. The second-order valence-corrected chi connectivity index (χ2v) is 5.10. The van der Waals surface area contributed by atoms with Crippen LogP contribution in [0.1, 0.15) is 39.0 Å². The van der Waals surface area contributed by atoms with Crippen molar-refractivity contribution in [3.63, 3.8) is 0 Å². The van der Waals surface area contributed by atoms with Gasteiger partial charge in [0, 0.05) is 13.1 Å². The van der Waals surface area contributed by atoms with Crippen LogP contribution in [0.25, 0.3) is 0 Å². The van der Waals surface area contributed by atoms with Gasteiger partial charge < -0.3 is 15.3 Å². The highest BCUT2D eigenvalue weighted by atomic mass is 16.3. The van der Waals surface area contributed by atoms with Gasteiger partial charge in [-0.15, -0.1) is 0 Å². The summed E-state index contributed by atoms with van der Waals surface area (Å²) in [6, 6.07) is 0. The lowest BCUT2D eigenvalue weighted by Gasteiger charge is -2.23. The Bertz CT molecular complexity index is 175. The molecule has 3 heteroatoms. The van der Waals surface area contributed by atoms with Gasteiger partial charge in [0.2, 0.25) is 0 Å². The van der Waals surface area contributed by atoms with Gasteiger partial charge >= 0.3 is 0 Å². The smallest absolute Gasteiger partial charge is 0.0791 e. The zero-order valence-electron chi connectivity index (χ0n) is 10.9. The standard InChI is InChI=1S/C13H28N2O/c1-3-5-12-6-4-8-15(9-7-12)11-13(16)10-14-2/h12-14,16H,3-11H2,1-2H3. The molecule has 16 heavy (non-hydrogen) atoms. The molecule has 0 aliphatic carbocycles. The molecule has 0 aromatic carbocycles. The first kappa shape index (κ1) is 13.9. The Labute approximate surface area is 100 Å². The molecule has 3 nitrogen and oxygen atoms in total. The van der Waals surface area contributed by atoms with Crippen molar-refractivity contribution in [1.82, 2.24) is 10.2 Å². The van der Waals surface area contributed by atoms with E-state index in [2.05, 4.69) is 17.1 Å². The van der Waals surface area contributed by atoms with Crippen molar-refractivity contribution in [2.45, 2.75) is 45.1 Å². The highest BCUT2D eigenvalue weighted by Gasteiger charge is 2.18. The molecule has 0 bridgehead atoms. The fourth-order valence-corrected chi connectivity index (χ4v) is 2.70. The molecule has 96 valence electrons. The number of likely N-dealkylation sites (tertiary alicyclic amines) is 1. The number of aliphatic hydroxyl groups is 1. The Hall–Kier alpha value is -0.120. The van der Waals surface area contributed by atoms with Crippen LogP contribution in [0.2, 0.25) is 0 Å². The molecule has 0 radical (unpaired) electrons. The first-order valence-corrected chi connectivity index (χ1v) is 6.81. The minimum absolute atomic E-state index is 0.215. The fraction of sp³-hybridized carbons (Fsp3) is 1.00. The third-order valence-corrected chi connectivity index (χ3v) is 3.55. The number of hydrogen-bond acceptors (Lipinski definition) is 3. The van der Waals surface area contributed by atoms with Gasteiger partial charge in [0.25, 0.3) is 0 Å². The number of likely N-dealkylation sites (N-methyl/N-ethyl adjacent to an activating group) is 1. The molecule has 1 fully saturated rings. The number of nitrogens with one attached hydrogen (secondary N) is 1. The Morgan fingerprint density at radius 3 is 2.88 bits per heavy atom. The number of rotatable bonds is 6. The molecule has 1 aliphatic heterocycles. The zero-order valence-corrected chi connectivity index (χ0v) is 10.9. The van der Waals surface area contributed by atoms with Gasteiger partial charge in [-0.2, -0.15) is 0 Å². The van der Waals surface area contributed by atoms with E-state index in [1.54, 1.807) is 0 Å². The zero-order chi connectivity index (χ0) is 11.8. The van der Waals surface area contributed by atoms with E-state index in [1.807, 2.05) is 7.05 Å². The first-order valence-electron chi connectivity index (χ1n) is 6.81. The monoisotopic (exact) mass is 228 g/mol. The Balaban J connectivity index is 2.24. The van der Waals surface area contributed by atoms with Crippen molar-refractivity contribution in [1.29, 1.82) is 0 Å². The van der Waals surface area contributed by atoms with E-state index in [0.29, 0.717) is 6.54 Å². The summed E-state index contributed by atoms with van der Waals surface area (Å²) in [5.41, 5.74) is 0. The van der Waals surface area contributed by atoms with Gasteiger partial charge in [-0.1, -0.05) is 19.8 Å². The normalized spacial score (nSPS) is 25.3. The van der Waals surface area contributed by atoms with Crippen LogP contribution in [0.3, 0.4) is 0 Å². The van der Waals surface area contributed by atoms with Gasteiger partial charge in [-0.3, -0.25) is 0 Å². The van der Waals surface area contributed by atoms with Gasteiger partial charge in [0.05, 0.1) is 6.10 Å². The molecule has 0 spiro atoms. The molecule has 2 unspecified atom stereocenters. The fourth-order valence-electron chi connectivity index (χ4n) is 2.70. The van der Waals surface area contributed by atoms with E-state index in [9.17, 15) is 5.11 Å². The summed E-state index contributed by atoms with van der Waals surface area (Å²) in [5, 5.41) is 12.8. The van der Waals surface area contributed by atoms with E-state index in [0.717, 1.165) is 12.5 Å². The van der Waals surface area contributed by atoms with Crippen LogP contribution in [0.5, 0.6) is 0 Å². The van der Waals surface area contributed by atoms with Crippen molar-refractivity contribution in [3.05, 3.63) is 0 Å². The maximum Gasteiger partial charge on any atom is 0.0791 e. The summed E-state index contributed by atoms with van der Waals surface area (Å²) in [6.45, 7) is 6.15. The molecule has 1 aliphatic rings. The van der Waals surface area contributed by atoms with Crippen LogP contribution < -0.4 is 5.32 Å². The van der Waals surface area contributed by atoms with Crippen LogP contribution in [-0.2, 0) is 0 Å². The number of β-amino-alcohol motifs (C(OH)–C–C–N with tert-alkyl or cyclic N) is 1. The molecule has 1 heterocycles. The van der Waals surface area contributed by atoms with Crippen LogP contribution >= 0.6 is 0 Å². The van der Waals surface area contributed by atoms with Gasteiger partial charge in [0.1, 0.15) is 0 Å². The minimum Gasteiger partial charge on any atom is -0.390 e. The predicted octanol–water partition coefficient (Wildman–Crippen LogP) is 1.47. The third-order valence-electron chi connectivity index (χ3n) is 3.55. The van der Waals surface area contributed by atoms with Crippen LogP contribution in [0, 0.1) is 5.92 Å². The molecular weight excluding hydrogens is 200 g/mol. The van der Waals surface area contributed by atoms with Gasteiger partial charge in [-0.05, 0) is 45.3 Å². The Kier molecular flexibility index (Phi) is 7.01. The van der Waals surface area contributed by atoms with Crippen molar-refractivity contribution in [2.24, 2.45) is 5.92 Å². The highest BCUT2D eigenvalue weighted by Crippen LogP contribution is 2.21. The molecule has 1 rings (SSSR count). The van der Waals surface area contributed by atoms with Crippen molar-refractivity contribution >= 4 is 0 Å². The van der Waals surface area contributed by atoms with Crippen LogP contribution in [0.4, 0.5) is 0 Å². The molecule has 2 N–H and O–H groups in total. The number of aliphatic hydroxyl groups excluding tert-OH is 1. The quantitative estimate of drug-likeness (QED) is 0.722. The molecule has 2 atom stereocenters. The van der Waals surface area contributed by atoms with E-state index in [-0.39, 0.29) is 6.10 Å². The lowest BCUT2D eigenvalue weighted by molar-refractivity contribution is 0.114. The molecule has 1 saturated heterocycles. The highest BCUT2D eigenvalue weighted by molar-refractivity contribution is 4.72. The molecule has 0 aromatic heterocycles. The number of nitrogens with zero attached hydrogens (tertiary/aromatic N) is 1. The second-order valence-electron chi connectivity index (χ2n) is 5.10. The second kappa shape index (κ2) is 8.04. The predicted molar refractivity (Wildman–Crippen MR) is 68.6 cm³/mol. The first-order chi connectivity index (χ1) is 7.76. The Morgan fingerprint density at radius 2 is 2.19 bits per heavy atom. The third kappa shape index (κ3) is 5.28. The summed E-state index contributed by atoms with van der Waals surface area (Å²) >= 11 is 0. The van der Waals surface area contributed by atoms with Gasteiger partial charge in [-0.25, -0.2) is 0 Å². The summed E-state index contributed by atoms with van der Waals surface area (Å²) < 4.78 is 0. The Morgan fingerprint density at radius 1 is 1.38 bits per heavy atom. The van der Waals surface area contributed by atoms with Crippen molar-refractivity contribution < 1.29 is 5.11 Å². The largest absolute Gasteiger partial charge is 0.390 e. The van der Waals surface area contributed by atoms with E-state index >= 15 is 0 Å². The summed E-state index contributed by atoms with van der Waals surface area (Å²) in [5.74, 6) is 0.927. The summed E-state index contributed by atoms with van der Waals surface area (Å²) in [6.07, 6.45) is 6.48. The van der Waals surface area contributed by atoms with Crippen molar-refractivity contribution in [3.8, 4) is 0 Å².